The first-order chi connectivity index (χ1) is 17.3. The van der Waals surface area contributed by atoms with Crippen LogP contribution in [0.2, 0.25) is 0 Å². The van der Waals surface area contributed by atoms with Crippen LogP contribution < -0.4 is 14.2 Å². The lowest BCUT2D eigenvalue weighted by Gasteiger charge is -2.27. The summed E-state index contributed by atoms with van der Waals surface area (Å²) in [7, 11) is 4.66. The number of carbonyl (C=O) groups excluding carboxylic acids is 1. The van der Waals surface area contributed by atoms with E-state index in [-0.39, 0.29) is 17.8 Å². The maximum Gasteiger partial charge on any atom is 0.273 e. The highest BCUT2D eigenvalue weighted by Gasteiger charge is 2.43. The Kier molecular flexibility index (Phi) is 7.40. The Morgan fingerprint density at radius 3 is 2.39 bits per heavy atom. The minimum atomic E-state index is -0.492. The largest absolute Gasteiger partial charge is 0.507 e. The van der Waals surface area contributed by atoms with Crippen LogP contribution in [0.1, 0.15) is 53.5 Å². The molecule has 1 aliphatic heterocycles. The Bertz CT molecular complexity index is 1230. The van der Waals surface area contributed by atoms with Crippen LogP contribution in [0.25, 0.3) is 11.3 Å². The minimum Gasteiger partial charge on any atom is -0.507 e. The predicted molar refractivity (Wildman–Crippen MR) is 135 cm³/mol. The highest BCUT2D eigenvalue weighted by molar-refractivity contribution is 6.00. The van der Waals surface area contributed by atoms with Gasteiger partial charge in [-0.25, -0.2) is 0 Å². The standard InChI is InChI=1S/C27H33N3O6/c1-15(2)36-11-7-10-30-25(17-13-20(33-4)26(35-6)21(14-17)34-5)22-23(28-29-24(22)27(30)32)18-12-16(3)8-9-19(18)31/h8-9,12-15,25,31H,7,10-11H2,1-6H3,(H,28,29)/t25-/m0/s1. The van der Waals surface area contributed by atoms with E-state index >= 15 is 0 Å². The van der Waals surface area contributed by atoms with E-state index in [4.69, 9.17) is 18.9 Å². The molecule has 0 fully saturated rings. The van der Waals surface area contributed by atoms with E-state index in [9.17, 15) is 9.90 Å². The molecule has 1 aliphatic rings. The zero-order valence-electron chi connectivity index (χ0n) is 21.5. The van der Waals surface area contributed by atoms with Crippen molar-refractivity contribution in [3.05, 3.63) is 52.7 Å². The molecule has 0 aliphatic carbocycles. The molecule has 1 aromatic heterocycles. The van der Waals surface area contributed by atoms with Crippen LogP contribution in [-0.2, 0) is 4.74 Å². The topological polar surface area (TPSA) is 106 Å². The SMILES string of the molecule is COc1cc([C@H]2c3c(-c4cc(C)ccc4O)n[nH]c3C(=O)N2CCCOC(C)C)cc(OC)c1OC. The molecule has 0 bridgehead atoms. The number of phenolic OH excluding ortho intramolecular Hbond substituents is 1. The highest BCUT2D eigenvalue weighted by atomic mass is 16.5. The number of amides is 1. The first-order valence-electron chi connectivity index (χ1n) is 11.9. The maximum absolute atomic E-state index is 13.6. The number of hydrogen-bond acceptors (Lipinski definition) is 7. The lowest BCUT2D eigenvalue weighted by atomic mass is 9.94. The lowest BCUT2D eigenvalue weighted by Crippen LogP contribution is -2.31. The van der Waals surface area contributed by atoms with Gasteiger partial charge in [-0.15, -0.1) is 0 Å². The number of ether oxygens (including phenoxy) is 4. The number of phenols is 1. The van der Waals surface area contributed by atoms with Gasteiger partial charge in [-0.2, -0.15) is 5.10 Å². The van der Waals surface area contributed by atoms with E-state index in [1.54, 1.807) is 32.3 Å². The molecule has 3 aromatic rings. The molecular formula is C27H33N3O6. The van der Waals surface area contributed by atoms with Gasteiger partial charge in [0, 0.05) is 24.3 Å². The molecule has 0 spiro atoms. The van der Waals surface area contributed by atoms with Gasteiger partial charge in [0.2, 0.25) is 5.75 Å². The average Bonchev–Trinajstić information content (AvgIpc) is 3.40. The Hall–Kier alpha value is -3.72. The molecule has 36 heavy (non-hydrogen) atoms. The van der Waals surface area contributed by atoms with Crippen molar-refractivity contribution in [2.24, 2.45) is 0 Å². The van der Waals surface area contributed by atoms with Crippen LogP contribution in [0, 0.1) is 6.92 Å². The number of aryl methyl sites for hydroxylation is 1. The molecule has 2 aromatic carbocycles. The van der Waals surface area contributed by atoms with E-state index in [2.05, 4.69) is 10.2 Å². The molecule has 0 saturated carbocycles. The Morgan fingerprint density at radius 1 is 1.08 bits per heavy atom. The first kappa shape index (κ1) is 25.4. The molecule has 2 heterocycles. The van der Waals surface area contributed by atoms with Crippen LogP contribution in [0.4, 0.5) is 0 Å². The fourth-order valence-electron chi connectivity index (χ4n) is 4.63. The molecule has 0 saturated heterocycles. The molecular weight excluding hydrogens is 462 g/mol. The van der Waals surface area contributed by atoms with Crippen LogP contribution in [-0.4, -0.2) is 66.7 Å². The quantitative estimate of drug-likeness (QED) is 0.400. The van der Waals surface area contributed by atoms with Crippen LogP contribution in [0.3, 0.4) is 0 Å². The summed E-state index contributed by atoms with van der Waals surface area (Å²) in [6, 6.07) is 8.53. The summed E-state index contributed by atoms with van der Waals surface area (Å²) in [5, 5.41) is 18.1. The number of aromatic nitrogens is 2. The second-order valence-electron chi connectivity index (χ2n) is 9.01. The second kappa shape index (κ2) is 10.5. The summed E-state index contributed by atoms with van der Waals surface area (Å²) in [6.07, 6.45) is 0.770. The minimum absolute atomic E-state index is 0.0924. The normalized spacial score (nSPS) is 14.9. The third-order valence-corrected chi connectivity index (χ3v) is 6.27. The zero-order chi connectivity index (χ0) is 26.0. The van der Waals surface area contributed by atoms with Gasteiger partial charge in [0.1, 0.15) is 17.1 Å². The van der Waals surface area contributed by atoms with Gasteiger partial charge < -0.3 is 29.0 Å². The summed E-state index contributed by atoms with van der Waals surface area (Å²) in [5.74, 6) is 1.36. The molecule has 9 nitrogen and oxygen atoms in total. The number of rotatable bonds is 10. The van der Waals surface area contributed by atoms with Gasteiger partial charge in [0.15, 0.2) is 11.5 Å². The smallest absolute Gasteiger partial charge is 0.273 e. The van der Waals surface area contributed by atoms with Crippen molar-refractivity contribution >= 4 is 5.91 Å². The number of hydrogen-bond donors (Lipinski definition) is 2. The van der Waals surface area contributed by atoms with Gasteiger partial charge >= 0.3 is 0 Å². The zero-order valence-corrected chi connectivity index (χ0v) is 21.5. The first-order valence-corrected chi connectivity index (χ1v) is 11.9. The van der Waals surface area contributed by atoms with Crippen molar-refractivity contribution in [1.82, 2.24) is 15.1 Å². The third-order valence-electron chi connectivity index (χ3n) is 6.27. The molecule has 9 heteroatoms. The summed E-state index contributed by atoms with van der Waals surface area (Å²) >= 11 is 0. The number of H-pyrrole nitrogens is 1. The molecule has 192 valence electrons. The third kappa shape index (κ3) is 4.58. The van der Waals surface area contributed by atoms with Crippen molar-refractivity contribution < 1.29 is 28.8 Å². The van der Waals surface area contributed by atoms with E-state index < -0.39 is 6.04 Å². The number of aromatic hydroxyl groups is 1. The summed E-state index contributed by atoms with van der Waals surface area (Å²) < 4.78 is 22.4. The Labute approximate surface area is 210 Å². The molecule has 2 N–H and O–H groups in total. The van der Waals surface area contributed by atoms with Crippen molar-refractivity contribution in [1.29, 1.82) is 0 Å². The fraction of sp³-hybridized carbons (Fsp3) is 0.407. The number of aromatic amines is 1. The van der Waals surface area contributed by atoms with Crippen LogP contribution >= 0.6 is 0 Å². The lowest BCUT2D eigenvalue weighted by molar-refractivity contribution is 0.0601. The van der Waals surface area contributed by atoms with Gasteiger partial charge in [0.05, 0.1) is 33.5 Å². The number of nitrogens with one attached hydrogen (secondary N) is 1. The average molecular weight is 496 g/mol. The van der Waals surface area contributed by atoms with E-state index in [1.807, 2.05) is 45.0 Å². The fourth-order valence-corrected chi connectivity index (χ4v) is 4.63. The Morgan fingerprint density at radius 2 is 1.78 bits per heavy atom. The summed E-state index contributed by atoms with van der Waals surface area (Å²) in [4.78, 5) is 15.4. The van der Waals surface area contributed by atoms with Crippen molar-refractivity contribution in [2.45, 2.75) is 39.3 Å². The van der Waals surface area contributed by atoms with Gasteiger partial charge in [0.25, 0.3) is 5.91 Å². The van der Waals surface area contributed by atoms with Crippen molar-refractivity contribution in [3.8, 4) is 34.3 Å². The number of methoxy groups -OCH3 is 3. The van der Waals surface area contributed by atoms with E-state index in [0.717, 1.165) is 11.1 Å². The van der Waals surface area contributed by atoms with Gasteiger partial charge in [-0.3, -0.25) is 9.89 Å². The van der Waals surface area contributed by atoms with Crippen LogP contribution in [0.5, 0.6) is 23.0 Å². The van der Waals surface area contributed by atoms with E-state index in [0.29, 0.717) is 59.3 Å². The van der Waals surface area contributed by atoms with Crippen molar-refractivity contribution in [2.75, 3.05) is 34.5 Å². The molecule has 1 amide bonds. The summed E-state index contributed by atoms with van der Waals surface area (Å²) in [6.45, 7) is 6.90. The van der Waals surface area contributed by atoms with Gasteiger partial charge in [-0.05, 0) is 57.0 Å². The number of fused-ring (bicyclic) bond motifs is 1. The molecule has 4 rings (SSSR count). The monoisotopic (exact) mass is 495 g/mol. The number of nitrogens with zero attached hydrogens (tertiary/aromatic N) is 2. The molecule has 0 radical (unpaired) electrons. The molecule has 1 atom stereocenters. The number of benzene rings is 2. The highest BCUT2D eigenvalue weighted by Crippen LogP contribution is 2.48. The number of carbonyl (C=O) groups is 1. The van der Waals surface area contributed by atoms with Crippen LogP contribution in [0.15, 0.2) is 30.3 Å². The molecule has 0 unspecified atom stereocenters. The predicted octanol–water partition coefficient (Wildman–Crippen LogP) is 4.48. The van der Waals surface area contributed by atoms with Crippen molar-refractivity contribution in [3.63, 3.8) is 0 Å². The maximum atomic E-state index is 13.6. The van der Waals surface area contributed by atoms with Gasteiger partial charge in [-0.1, -0.05) is 11.6 Å². The Balaban J connectivity index is 1.86. The summed E-state index contributed by atoms with van der Waals surface area (Å²) in [5.41, 5.74) is 3.92. The van der Waals surface area contributed by atoms with E-state index in [1.165, 1.54) is 0 Å². The second-order valence-corrected chi connectivity index (χ2v) is 9.01.